The van der Waals surface area contributed by atoms with E-state index >= 15 is 0 Å². The number of hydrogen-bond acceptors (Lipinski definition) is 6. The van der Waals surface area contributed by atoms with Crippen LogP contribution in [-0.4, -0.2) is 75.4 Å². The highest BCUT2D eigenvalue weighted by Gasteiger charge is 2.17. The van der Waals surface area contributed by atoms with Gasteiger partial charge in [-0.15, -0.1) is 12.4 Å². The molecule has 12 heteroatoms. The van der Waals surface area contributed by atoms with Gasteiger partial charge in [0, 0.05) is 23.6 Å². The Labute approximate surface area is 155 Å². The van der Waals surface area contributed by atoms with Crippen molar-refractivity contribution >= 4 is 28.4 Å². The number of unbranched alkanes of at least 4 members (excludes halogenated alkanes) is 1. The Morgan fingerprint density at radius 3 is 2.52 bits per heavy atom. The first-order valence-electron chi connectivity index (χ1n) is 7.87. The molecule has 0 spiro atoms. The van der Waals surface area contributed by atoms with Crippen molar-refractivity contribution < 1.29 is 22.2 Å². The first-order valence-corrected chi connectivity index (χ1v) is 9.45. The minimum absolute atomic E-state index is 0. The first-order chi connectivity index (χ1) is 11.1. The largest absolute Gasteiger partial charge is 0.748 e. The summed E-state index contributed by atoms with van der Waals surface area (Å²) in [6, 6.07) is -0.600. The summed E-state index contributed by atoms with van der Waals surface area (Å²) < 4.78 is 32.2. The molecule has 0 aliphatic carbocycles. The molecule has 0 fully saturated rings. The number of nitrogens with two attached hydrogens (primary N) is 1. The maximum atomic E-state index is 11.8. The smallest absolute Gasteiger partial charge is 0.237 e. The number of hydrogen-bond donors (Lipinski definition) is 2. The monoisotopic (exact) mass is 400 g/mol. The zero-order chi connectivity index (χ0) is 18.6. The second-order valence-corrected chi connectivity index (χ2v) is 7.87. The Kier molecular flexibility index (Phi) is 13.7. The molecule has 1 atom stereocenters. The third kappa shape index (κ3) is 16.1. The van der Waals surface area contributed by atoms with Crippen molar-refractivity contribution in [2.45, 2.75) is 31.7 Å². The van der Waals surface area contributed by atoms with Crippen molar-refractivity contribution in [3.63, 3.8) is 0 Å². The molecule has 0 unspecified atom stereocenters. The summed E-state index contributed by atoms with van der Waals surface area (Å²) in [6.45, 7) is 1.95. The van der Waals surface area contributed by atoms with E-state index in [-0.39, 0.29) is 30.5 Å². The van der Waals surface area contributed by atoms with Crippen LogP contribution in [0.4, 0.5) is 0 Å². The van der Waals surface area contributed by atoms with Crippen LogP contribution in [0, 0.1) is 0 Å². The summed E-state index contributed by atoms with van der Waals surface area (Å²) in [5.74, 6) is -0.609. The van der Waals surface area contributed by atoms with Gasteiger partial charge >= 0.3 is 0 Å². The van der Waals surface area contributed by atoms with Gasteiger partial charge in [-0.25, -0.2) is 8.42 Å². The van der Waals surface area contributed by atoms with Crippen molar-refractivity contribution in [2.24, 2.45) is 10.8 Å². The molecular formula is C13H29ClN6O4S. The molecule has 10 nitrogen and oxygen atoms in total. The second-order valence-electron chi connectivity index (χ2n) is 6.35. The molecule has 0 bridgehead atoms. The van der Waals surface area contributed by atoms with Gasteiger partial charge in [0.05, 0.1) is 49.9 Å². The number of carbonyl (C=O) groups is 1. The van der Waals surface area contributed by atoms with Gasteiger partial charge in [-0.05, 0) is 18.4 Å². The number of nitrogens with one attached hydrogen (secondary N) is 1. The zero-order valence-corrected chi connectivity index (χ0v) is 16.4. The molecule has 3 N–H and O–H groups in total. The van der Waals surface area contributed by atoms with Crippen LogP contribution in [0.1, 0.15) is 25.7 Å². The minimum atomic E-state index is -4.18. The van der Waals surface area contributed by atoms with Gasteiger partial charge in [-0.1, -0.05) is 11.5 Å². The van der Waals surface area contributed by atoms with Crippen LogP contribution in [0.15, 0.2) is 5.11 Å². The number of likely N-dealkylation sites (N-methyl/N-ethyl adjacent to an activating group) is 1. The number of halogens is 1. The average molecular weight is 401 g/mol. The fourth-order valence-corrected chi connectivity index (χ4v) is 2.60. The van der Waals surface area contributed by atoms with Crippen LogP contribution in [0.25, 0.3) is 10.4 Å². The van der Waals surface area contributed by atoms with Gasteiger partial charge in [-0.2, -0.15) is 0 Å². The maximum Gasteiger partial charge on any atom is 0.237 e. The SMILES string of the molecule is C[N+](C)(CCCS(=O)(=O)[O-])CCNC(=O)[C@@H](N)CCCCN=[N+]=[N-].Cl. The molecular weight excluding hydrogens is 372 g/mol. The summed E-state index contributed by atoms with van der Waals surface area (Å²) in [4.78, 5) is 14.5. The van der Waals surface area contributed by atoms with Gasteiger partial charge in [0.1, 0.15) is 0 Å². The van der Waals surface area contributed by atoms with Crippen LogP contribution < -0.4 is 11.1 Å². The summed E-state index contributed by atoms with van der Waals surface area (Å²) in [6.07, 6.45) is 2.21. The Hall–Kier alpha value is -1.10. The first kappa shape index (κ1) is 26.1. The average Bonchev–Trinajstić information content (AvgIpc) is 2.44. The molecule has 0 radical (unpaired) electrons. The molecule has 0 aliphatic rings. The van der Waals surface area contributed by atoms with Crippen LogP contribution >= 0.6 is 12.4 Å². The molecule has 0 saturated heterocycles. The lowest BCUT2D eigenvalue weighted by Crippen LogP contribution is -2.48. The highest BCUT2D eigenvalue weighted by Crippen LogP contribution is 2.02. The maximum absolute atomic E-state index is 11.8. The summed E-state index contributed by atoms with van der Waals surface area (Å²) in [5.41, 5.74) is 13.9. The molecule has 1 amide bonds. The topological polar surface area (TPSA) is 161 Å². The van der Waals surface area contributed by atoms with E-state index in [1.165, 1.54) is 0 Å². The van der Waals surface area contributed by atoms with Crippen LogP contribution in [-0.2, 0) is 14.9 Å². The number of quaternary nitrogens is 1. The van der Waals surface area contributed by atoms with Crippen molar-refractivity contribution in [3.05, 3.63) is 10.4 Å². The molecule has 0 aromatic heterocycles. The van der Waals surface area contributed by atoms with E-state index in [1.54, 1.807) is 0 Å². The van der Waals surface area contributed by atoms with Crippen molar-refractivity contribution in [3.8, 4) is 0 Å². The summed E-state index contributed by atoms with van der Waals surface area (Å²) in [7, 11) is -0.375. The van der Waals surface area contributed by atoms with Gasteiger partial charge in [0.25, 0.3) is 0 Å². The van der Waals surface area contributed by atoms with Gasteiger partial charge in [0.2, 0.25) is 5.91 Å². The van der Waals surface area contributed by atoms with Gasteiger partial charge in [0.15, 0.2) is 0 Å². The Bertz CT molecular complexity index is 537. The van der Waals surface area contributed by atoms with Crippen molar-refractivity contribution in [1.82, 2.24) is 5.32 Å². The van der Waals surface area contributed by atoms with E-state index < -0.39 is 16.2 Å². The highest BCUT2D eigenvalue weighted by atomic mass is 35.5. The Morgan fingerprint density at radius 1 is 1.32 bits per heavy atom. The lowest BCUT2D eigenvalue weighted by Gasteiger charge is -2.30. The third-order valence-electron chi connectivity index (χ3n) is 3.60. The quantitative estimate of drug-likeness (QED) is 0.114. The normalized spacial score (nSPS) is 12.6. The number of amides is 1. The minimum Gasteiger partial charge on any atom is -0.748 e. The van der Waals surface area contributed by atoms with Crippen LogP contribution in [0.3, 0.4) is 0 Å². The number of azide groups is 1. The molecule has 0 heterocycles. The van der Waals surface area contributed by atoms with Crippen molar-refractivity contribution in [1.29, 1.82) is 0 Å². The van der Waals surface area contributed by atoms with Crippen LogP contribution in [0.2, 0.25) is 0 Å². The lowest BCUT2D eigenvalue weighted by atomic mass is 10.1. The second kappa shape index (κ2) is 13.2. The fourth-order valence-electron chi connectivity index (χ4n) is 2.12. The van der Waals surface area contributed by atoms with Crippen LogP contribution in [0.5, 0.6) is 0 Å². The number of nitrogens with zero attached hydrogens (tertiary/aromatic N) is 4. The fraction of sp³-hybridized carbons (Fsp3) is 0.923. The van der Waals surface area contributed by atoms with E-state index in [0.29, 0.717) is 49.9 Å². The zero-order valence-electron chi connectivity index (χ0n) is 14.8. The lowest BCUT2D eigenvalue weighted by molar-refractivity contribution is -0.889. The highest BCUT2D eigenvalue weighted by molar-refractivity contribution is 7.85. The molecule has 0 rings (SSSR count). The van der Waals surface area contributed by atoms with E-state index in [0.717, 1.165) is 0 Å². The summed E-state index contributed by atoms with van der Waals surface area (Å²) >= 11 is 0. The van der Waals surface area contributed by atoms with E-state index in [9.17, 15) is 17.8 Å². The molecule has 0 aromatic carbocycles. The molecule has 148 valence electrons. The standard InChI is InChI=1S/C13H28N6O4S.ClH/c1-19(2,9-5-11-24(21,22)23)10-8-16-13(20)12(14)6-3-4-7-17-18-15;/h12H,3-11,14H2,1-2H3,(H-,16,20,21,22,23);1H/t12-;/m0./s1. The molecule has 25 heavy (non-hydrogen) atoms. The van der Waals surface area contributed by atoms with Crippen molar-refractivity contribution in [2.75, 3.05) is 46.0 Å². The summed E-state index contributed by atoms with van der Waals surface area (Å²) in [5, 5.41) is 6.17. The Balaban J connectivity index is 0. The molecule has 0 saturated carbocycles. The predicted molar refractivity (Wildman–Crippen MR) is 97.1 cm³/mol. The van der Waals surface area contributed by atoms with Gasteiger partial charge in [-0.3, -0.25) is 4.79 Å². The molecule has 0 aromatic rings. The van der Waals surface area contributed by atoms with E-state index in [4.69, 9.17) is 11.3 Å². The predicted octanol–water partition coefficient (Wildman–Crippen LogP) is 0.344. The van der Waals surface area contributed by atoms with E-state index in [1.807, 2.05) is 14.1 Å². The molecule has 0 aliphatic heterocycles. The Morgan fingerprint density at radius 2 is 1.96 bits per heavy atom. The number of rotatable bonds is 13. The number of carbonyl (C=O) groups excluding carboxylic acids is 1. The van der Waals surface area contributed by atoms with Gasteiger partial charge < -0.3 is 20.1 Å². The third-order valence-corrected chi connectivity index (χ3v) is 4.39. The van der Waals surface area contributed by atoms with E-state index in [2.05, 4.69) is 15.3 Å².